The van der Waals surface area contributed by atoms with Crippen LogP contribution in [0.15, 0.2) is 48.8 Å². The van der Waals surface area contributed by atoms with Crippen LogP contribution < -0.4 is 0 Å². The Labute approximate surface area is 103 Å². The first-order valence-electron chi connectivity index (χ1n) is 5.17. The molecular formula is C13H8ClN3. The number of pyridine rings is 3. The fraction of sp³-hybridized carbons (Fsp3) is 0. The van der Waals surface area contributed by atoms with E-state index in [0.717, 1.165) is 16.8 Å². The van der Waals surface area contributed by atoms with Crippen molar-refractivity contribution in [2.45, 2.75) is 0 Å². The summed E-state index contributed by atoms with van der Waals surface area (Å²) in [5, 5.41) is 1.52. The van der Waals surface area contributed by atoms with Gasteiger partial charge in [-0.25, -0.2) is 9.97 Å². The fourth-order valence-corrected chi connectivity index (χ4v) is 1.86. The topological polar surface area (TPSA) is 38.7 Å². The Morgan fingerprint density at radius 1 is 0.824 bits per heavy atom. The zero-order valence-electron chi connectivity index (χ0n) is 8.84. The highest BCUT2D eigenvalue weighted by molar-refractivity contribution is 6.35. The van der Waals surface area contributed by atoms with Gasteiger partial charge in [-0.05, 0) is 30.3 Å². The van der Waals surface area contributed by atoms with Gasteiger partial charge < -0.3 is 0 Å². The first kappa shape index (κ1) is 10.2. The van der Waals surface area contributed by atoms with Crippen molar-refractivity contribution in [3.63, 3.8) is 0 Å². The van der Waals surface area contributed by atoms with E-state index in [4.69, 9.17) is 11.6 Å². The molecule has 3 aromatic rings. The molecule has 0 unspecified atom stereocenters. The molecule has 3 heterocycles. The van der Waals surface area contributed by atoms with Crippen LogP contribution in [-0.4, -0.2) is 15.0 Å². The molecule has 0 fully saturated rings. The molecule has 0 aliphatic rings. The monoisotopic (exact) mass is 241 g/mol. The van der Waals surface area contributed by atoms with Crippen molar-refractivity contribution in [2.24, 2.45) is 0 Å². The molecule has 0 radical (unpaired) electrons. The zero-order chi connectivity index (χ0) is 11.7. The van der Waals surface area contributed by atoms with Crippen LogP contribution in [0.25, 0.3) is 22.4 Å². The van der Waals surface area contributed by atoms with Gasteiger partial charge in [-0.3, -0.25) is 4.98 Å². The Kier molecular flexibility index (Phi) is 2.46. The second-order valence-corrected chi connectivity index (χ2v) is 3.98. The largest absolute Gasteiger partial charge is 0.255 e. The minimum Gasteiger partial charge on any atom is -0.255 e. The maximum Gasteiger partial charge on any atom is 0.161 e. The predicted molar refractivity (Wildman–Crippen MR) is 67.8 cm³/mol. The summed E-state index contributed by atoms with van der Waals surface area (Å²) in [6.07, 6.45) is 3.40. The minimum atomic E-state index is 0.639. The summed E-state index contributed by atoms with van der Waals surface area (Å²) < 4.78 is 0. The molecule has 0 spiro atoms. The van der Waals surface area contributed by atoms with Crippen LogP contribution in [0.3, 0.4) is 0 Å². The molecule has 17 heavy (non-hydrogen) atoms. The van der Waals surface area contributed by atoms with Crippen molar-refractivity contribution >= 4 is 22.6 Å². The standard InChI is InChI=1S/C13H8ClN3/c14-10-6-8-16-13-9(10)4-5-12(17-13)11-3-1-2-7-15-11/h1-8H. The van der Waals surface area contributed by atoms with Crippen molar-refractivity contribution in [1.29, 1.82) is 0 Å². The van der Waals surface area contributed by atoms with E-state index in [-0.39, 0.29) is 0 Å². The highest BCUT2D eigenvalue weighted by Gasteiger charge is 2.04. The predicted octanol–water partition coefficient (Wildman–Crippen LogP) is 3.35. The summed E-state index contributed by atoms with van der Waals surface area (Å²) in [4.78, 5) is 12.9. The third kappa shape index (κ3) is 1.85. The SMILES string of the molecule is Clc1ccnc2nc(-c3ccccn3)ccc12. The summed E-state index contributed by atoms with van der Waals surface area (Å²) in [5.41, 5.74) is 2.27. The molecule has 0 saturated heterocycles. The van der Waals surface area contributed by atoms with E-state index < -0.39 is 0 Å². The molecule has 0 saturated carbocycles. The van der Waals surface area contributed by atoms with Gasteiger partial charge in [0, 0.05) is 17.8 Å². The maximum absolute atomic E-state index is 6.06. The molecule has 4 heteroatoms. The van der Waals surface area contributed by atoms with Crippen molar-refractivity contribution in [3.05, 3.63) is 53.8 Å². The number of hydrogen-bond donors (Lipinski definition) is 0. The van der Waals surface area contributed by atoms with Gasteiger partial charge in [0.05, 0.1) is 16.4 Å². The maximum atomic E-state index is 6.06. The minimum absolute atomic E-state index is 0.639. The van der Waals surface area contributed by atoms with E-state index in [9.17, 15) is 0 Å². The normalized spacial score (nSPS) is 10.6. The lowest BCUT2D eigenvalue weighted by atomic mass is 10.2. The van der Waals surface area contributed by atoms with Crippen LogP contribution in [0.5, 0.6) is 0 Å². The van der Waals surface area contributed by atoms with Gasteiger partial charge in [-0.1, -0.05) is 17.7 Å². The van der Waals surface area contributed by atoms with Gasteiger partial charge in [-0.2, -0.15) is 0 Å². The number of nitrogens with zero attached hydrogens (tertiary/aromatic N) is 3. The molecule has 82 valence electrons. The number of halogens is 1. The van der Waals surface area contributed by atoms with Crippen LogP contribution in [0.4, 0.5) is 0 Å². The lowest BCUT2D eigenvalue weighted by Crippen LogP contribution is -1.89. The average molecular weight is 242 g/mol. The van der Waals surface area contributed by atoms with E-state index in [2.05, 4.69) is 15.0 Å². The van der Waals surface area contributed by atoms with Gasteiger partial charge in [0.15, 0.2) is 5.65 Å². The van der Waals surface area contributed by atoms with Crippen molar-refractivity contribution in [1.82, 2.24) is 15.0 Å². The molecule has 0 amide bonds. The first-order valence-corrected chi connectivity index (χ1v) is 5.55. The molecule has 0 aromatic carbocycles. The van der Waals surface area contributed by atoms with Crippen LogP contribution in [-0.2, 0) is 0 Å². The first-order chi connectivity index (χ1) is 8.34. The lowest BCUT2D eigenvalue weighted by molar-refractivity contribution is 1.24. The third-order valence-electron chi connectivity index (χ3n) is 2.48. The van der Waals surface area contributed by atoms with Crippen molar-refractivity contribution < 1.29 is 0 Å². The summed E-state index contributed by atoms with van der Waals surface area (Å²) in [7, 11) is 0. The number of rotatable bonds is 1. The van der Waals surface area contributed by atoms with Crippen molar-refractivity contribution in [3.8, 4) is 11.4 Å². The summed E-state index contributed by atoms with van der Waals surface area (Å²) in [6.45, 7) is 0. The second kappa shape index (κ2) is 4.11. The smallest absolute Gasteiger partial charge is 0.161 e. The third-order valence-corrected chi connectivity index (χ3v) is 2.81. The zero-order valence-corrected chi connectivity index (χ0v) is 9.59. The fourth-order valence-electron chi connectivity index (χ4n) is 1.65. The van der Waals surface area contributed by atoms with Crippen LogP contribution in [0, 0.1) is 0 Å². The molecule has 0 aliphatic carbocycles. The van der Waals surface area contributed by atoms with E-state index in [1.54, 1.807) is 18.5 Å². The molecule has 3 rings (SSSR count). The van der Waals surface area contributed by atoms with Gasteiger partial charge in [0.2, 0.25) is 0 Å². The molecule has 0 N–H and O–H groups in total. The second-order valence-electron chi connectivity index (χ2n) is 3.58. The van der Waals surface area contributed by atoms with Crippen LogP contribution in [0.1, 0.15) is 0 Å². The average Bonchev–Trinajstić information content (AvgIpc) is 2.40. The van der Waals surface area contributed by atoms with Crippen LogP contribution in [0.2, 0.25) is 5.02 Å². The number of hydrogen-bond acceptors (Lipinski definition) is 3. The van der Waals surface area contributed by atoms with Gasteiger partial charge in [0.1, 0.15) is 0 Å². The van der Waals surface area contributed by atoms with E-state index in [0.29, 0.717) is 10.7 Å². The molecular weight excluding hydrogens is 234 g/mol. The van der Waals surface area contributed by atoms with E-state index >= 15 is 0 Å². The number of fused-ring (bicyclic) bond motifs is 1. The van der Waals surface area contributed by atoms with E-state index in [1.165, 1.54) is 0 Å². The Balaban J connectivity index is 2.21. The lowest BCUT2D eigenvalue weighted by Gasteiger charge is -2.02. The molecule has 0 aliphatic heterocycles. The van der Waals surface area contributed by atoms with Gasteiger partial charge in [0.25, 0.3) is 0 Å². The molecule has 0 atom stereocenters. The highest BCUT2D eigenvalue weighted by Crippen LogP contribution is 2.23. The summed E-state index contributed by atoms with van der Waals surface area (Å²) >= 11 is 6.06. The molecule has 3 nitrogen and oxygen atoms in total. The Morgan fingerprint density at radius 3 is 2.59 bits per heavy atom. The van der Waals surface area contributed by atoms with Gasteiger partial charge >= 0.3 is 0 Å². The van der Waals surface area contributed by atoms with Gasteiger partial charge in [-0.15, -0.1) is 0 Å². The van der Waals surface area contributed by atoms with Crippen molar-refractivity contribution in [2.75, 3.05) is 0 Å². The quantitative estimate of drug-likeness (QED) is 0.656. The van der Waals surface area contributed by atoms with E-state index in [1.807, 2.05) is 30.3 Å². The Hall–Kier alpha value is -2.00. The number of aromatic nitrogens is 3. The Bertz CT molecular complexity index is 668. The Morgan fingerprint density at radius 2 is 1.76 bits per heavy atom. The molecule has 3 aromatic heterocycles. The molecule has 0 bridgehead atoms. The highest BCUT2D eigenvalue weighted by atomic mass is 35.5. The summed E-state index contributed by atoms with van der Waals surface area (Å²) in [6, 6.07) is 11.3. The van der Waals surface area contributed by atoms with Crippen LogP contribution >= 0.6 is 11.6 Å². The summed E-state index contributed by atoms with van der Waals surface area (Å²) in [5.74, 6) is 0.